The summed E-state index contributed by atoms with van der Waals surface area (Å²) in [5.41, 5.74) is 11.3. The summed E-state index contributed by atoms with van der Waals surface area (Å²) < 4.78 is 17.4. The second-order valence-corrected chi connectivity index (χ2v) is 19.9. The molecule has 0 spiro atoms. The molecule has 20 nitrogen and oxygen atoms in total. The number of nitrogens with zero attached hydrogens (tertiary/aromatic N) is 6. The minimum Gasteiger partial charge on any atom is -0.546 e. The van der Waals surface area contributed by atoms with Gasteiger partial charge in [0.25, 0.3) is 23.4 Å². The fourth-order valence-corrected chi connectivity index (χ4v) is 10.7. The molecule has 4 atom stereocenters. The Bertz CT molecular complexity index is 3110. The zero-order chi connectivity index (χ0) is 77.7. The number of hydrogen-bond acceptors (Lipinski definition) is 17. The van der Waals surface area contributed by atoms with E-state index in [1.165, 1.54) is 38.9 Å². The number of carbonyl (C=O) groups is 8. The molecule has 546 valence electrons. The van der Waals surface area contributed by atoms with Gasteiger partial charge in [-0.1, -0.05) is 247 Å². The third-order valence-corrected chi connectivity index (χ3v) is 13.5. The number of carboxylic acids is 2. The van der Waals surface area contributed by atoms with Crippen molar-refractivity contribution in [3.8, 4) is 24.3 Å². The van der Waals surface area contributed by atoms with E-state index >= 15 is 0 Å². The SMILES string of the molecule is C#C.CC.CC.CC.CC.CC.CC.CC.CC.CC.CC.CC.CC.Cc1c(C(=O)C(N)=O)c2c(OCC(=O)O)cccc2n1C(=O)C(C)CC(C)CC(C)SC(=S)n1cccn1.Cc1c(C(=O)C(N)=O)c2c(OCC(=O)[O-])cccc2n1C(=O)C(C)SC(=S)n1cccn1.[Na+]. The molecular weight excluding hydrogens is 1320 g/mol. The Labute approximate surface area is 625 Å². The summed E-state index contributed by atoms with van der Waals surface area (Å²) in [5.74, 6) is -7.96. The molecule has 4 aromatic heterocycles. The van der Waals surface area contributed by atoms with E-state index in [0.717, 1.165) is 18.2 Å². The molecule has 25 heteroatoms. The van der Waals surface area contributed by atoms with Crippen LogP contribution in [-0.4, -0.2) is 113 Å². The van der Waals surface area contributed by atoms with E-state index in [9.17, 15) is 43.5 Å². The van der Waals surface area contributed by atoms with Crippen molar-refractivity contribution in [1.29, 1.82) is 0 Å². The second kappa shape index (κ2) is 70.8. The number of carboxylic acid groups (broad SMARTS) is 2. The van der Waals surface area contributed by atoms with E-state index in [0.29, 0.717) is 20.6 Å². The summed E-state index contributed by atoms with van der Waals surface area (Å²) in [4.78, 5) is 97.8. The van der Waals surface area contributed by atoms with Crippen molar-refractivity contribution in [2.45, 2.75) is 231 Å². The number of carbonyl (C=O) groups excluding carboxylic acids is 7. The van der Waals surface area contributed by atoms with Gasteiger partial charge in [0.05, 0.1) is 44.2 Å². The number of rotatable bonds is 18. The van der Waals surface area contributed by atoms with Crippen LogP contribution in [0.25, 0.3) is 21.8 Å². The molecule has 0 aliphatic carbocycles. The number of nitrogens with two attached hydrogens (primary N) is 2. The predicted molar refractivity (Wildman–Crippen MR) is 413 cm³/mol. The van der Waals surface area contributed by atoms with Crippen molar-refractivity contribution < 1.29 is 87.6 Å². The minimum absolute atomic E-state index is 0. The number of hydrogen-bond donors (Lipinski definition) is 3. The Morgan fingerprint density at radius 3 is 1.18 bits per heavy atom. The molecule has 6 rings (SSSR count). The van der Waals surface area contributed by atoms with Crippen molar-refractivity contribution in [2.24, 2.45) is 23.3 Å². The van der Waals surface area contributed by atoms with Crippen LogP contribution in [-0.2, 0) is 19.2 Å². The van der Waals surface area contributed by atoms with Crippen LogP contribution in [0.15, 0.2) is 73.3 Å². The van der Waals surface area contributed by atoms with Gasteiger partial charge in [-0.25, -0.2) is 14.2 Å². The Balaban J connectivity index is -0.000000145. The van der Waals surface area contributed by atoms with Crippen molar-refractivity contribution in [1.82, 2.24) is 28.7 Å². The van der Waals surface area contributed by atoms with Crippen LogP contribution in [0.3, 0.4) is 0 Å². The maximum absolute atomic E-state index is 13.7. The first-order valence-electron chi connectivity index (χ1n) is 33.5. The van der Waals surface area contributed by atoms with Crippen molar-refractivity contribution in [2.75, 3.05) is 13.2 Å². The molecule has 0 bridgehead atoms. The van der Waals surface area contributed by atoms with Crippen LogP contribution in [0.1, 0.15) is 248 Å². The zero-order valence-corrected chi connectivity index (χ0v) is 69.9. The number of amides is 2. The van der Waals surface area contributed by atoms with E-state index in [1.54, 1.807) is 79.3 Å². The number of fused-ring (bicyclic) bond motifs is 2. The molecule has 6 aromatic rings. The Hall–Kier alpha value is -6.46. The summed E-state index contributed by atoms with van der Waals surface area (Å²) in [5, 5.41) is 27.9. The number of aromatic nitrogens is 6. The quantitative estimate of drug-likeness (QED) is 0.0237. The fraction of sp³-hybridized carbons (Fsp3) is 0.528. The normalized spacial score (nSPS) is 9.98. The smallest absolute Gasteiger partial charge is 0.546 e. The number of benzene rings is 2. The molecule has 0 saturated heterocycles. The largest absolute Gasteiger partial charge is 1.00 e. The van der Waals surface area contributed by atoms with Crippen molar-refractivity contribution in [3.05, 3.63) is 95.8 Å². The van der Waals surface area contributed by atoms with Gasteiger partial charge in [-0.3, -0.25) is 37.9 Å². The molecule has 2 amide bonds. The summed E-state index contributed by atoms with van der Waals surface area (Å²) in [6.45, 7) is 57.2. The Morgan fingerprint density at radius 1 is 0.536 bits per heavy atom. The van der Waals surface area contributed by atoms with E-state index in [4.69, 9.17) is 50.5 Å². The van der Waals surface area contributed by atoms with Crippen LogP contribution in [0.4, 0.5) is 0 Å². The van der Waals surface area contributed by atoms with E-state index in [1.807, 2.05) is 179 Å². The average molecular weight is 1440 g/mol. The van der Waals surface area contributed by atoms with Crippen LogP contribution < -0.4 is 55.6 Å². The standard InChI is InChI=1S/C26H30N4O6S2.C20H18N4O6S2.12C2H6.C2H2.Na/c1-14(12-16(3)38-26(37)29-10-6-9-28-29)11-15(2)25(35)30-17(4)21(23(33)24(27)34)22-18(30)7-5-8-19(22)36-13-20(31)32;1-10-15(17(27)18(21)28)16-12(5-3-6-13(16)30-9-14(25)26)24(10)19(29)11(2)32-20(31)23-8-4-7-22-23;13*1-2;/h5-10,14-16H,11-13H2,1-4H3,(H2,27,34)(H,31,32);3-8,11H,9H2,1-2H3,(H2,21,28)(H,25,26);12*1-2H3;1-2H;/q;;;;;;;;;;;;;;;+1/p-1. The predicted octanol–water partition coefficient (Wildman–Crippen LogP) is 14.0. The Morgan fingerprint density at radius 2 is 0.866 bits per heavy atom. The van der Waals surface area contributed by atoms with E-state index in [-0.39, 0.29) is 96.9 Å². The number of ether oxygens (including phenoxy) is 2. The average Bonchev–Trinajstić information content (AvgIpc) is 1.61. The fourth-order valence-electron chi connectivity index (χ4n) is 7.80. The summed E-state index contributed by atoms with van der Waals surface area (Å²) in [6.07, 6.45) is 16.1. The topological polar surface area (TPSA) is 296 Å². The first kappa shape index (κ1) is 112. The van der Waals surface area contributed by atoms with Gasteiger partial charge in [-0.15, -0.1) is 12.8 Å². The summed E-state index contributed by atoms with van der Waals surface area (Å²) in [7, 11) is 0. The molecule has 0 aliphatic heterocycles. The van der Waals surface area contributed by atoms with Crippen LogP contribution in [0, 0.1) is 38.5 Å². The van der Waals surface area contributed by atoms with Crippen LogP contribution >= 0.6 is 48.0 Å². The molecule has 5 N–H and O–H groups in total. The number of primary amides is 2. The molecule has 2 aromatic carbocycles. The molecule has 0 fully saturated rings. The van der Waals surface area contributed by atoms with Gasteiger partial charge >= 0.3 is 35.5 Å². The maximum atomic E-state index is 13.7. The third kappa shape index (κ3) is 38.5. The van der Waals surface area contributed by atoms with Gasteiger partial charge in [0.1, 0.15) is 18.1 Å². The van der Waals surface area contributed by atoms with E-state index < -0.39 is 65.6 Å². The second-order valence-electron chi connectivity index (χ2n) is 15.9. The van der Waals surface area contributed by atoms with Gasteiger partial charge < -0.3 is 35.9 Å². The van der Waals surface area contributed by atoms with Gasteiger partial charge in [0, 0.05) is 47.3 Å². The summed E-state index contributed by atoms with van der Waals surface area (Å²) >= 11 is 13.4. The number of aliphatic carboxylic acids is 2. The van der Waals surface area contributed by atoms with E-state index in [2.05, 4.69) is 36.9 Å². The zero-order valence-electron chi connectivity index (χ0n) is 64.6. The Kier molecular flexibility index (Phi) is 81.7. The summed E-state index contributed by atoms with van der Waals surface area (Å²) in [6, 6.07) is 12.7. The number of thioether (sulfide) groups is 2. The number of Topliss-reactive ketones (excluding diaryl/α,β-unsaturated/α-hetero) is 2. The van der Waals surface area contributed by atoms with Crippen LogP contribution in [0.2, 0.25) is 0 Å². The number of ketones is 2. The molecule has 4 unspecified atom stereocenters. The van der Waals surface area contributed by atoms with Gasteiger partial charge in [0.15, 0.2) is 15.2 Å². The van der Waals surface area contributed by atoms with Crippen molar-refractivity contribution >= 4 is 126 Å². The third-order valence-electron chi connectivity index (χ3n) is 10.6. The first-order valence-corrected chi connectivity index (χ1v) is 36.1. The molecule has 4 heterocycles. The number of terminal acetylenes is 1. The maximum Gasteiger partial charge on any atom is 1.00 e. The minimum atomic E-state index is -1.48. The molecule has 97 heavy (non-hydrogen) atoms. The molecule has 0 saturated carbocycles. The molecule has 0 aliphatic rings. The van der Waals surface area contributed by atoms with Gasteiger partial charge in [-0.2, -0.15) is 10.2 Å². The number of thiocarbonyl (C=S) groups is 2. The van der Waals surface area contributed by atoms with Gasteiger partial charge in [-0.05, 0) is 75.9 Å². The first-order chi connectivity index (χ1) is 46.0. The van der Waals surface area contributed by atoms with Gasteiger partial charge in [0.2, 0.25) is 11.8 Å². The monoisotopic (exact) mass is 1440 g/mol. The van der Waals surface area contributed by atoms with Crippen LogP contribution in [0.5, 0.6) is 11.5 Å². The molecular formula is C72H121N8NaO12S4. The molecule has 0 radical (unpaired) electrons. The van der Waals surface area contributed by atoms with Crippen molar-refractivity contribution in [3.63, 3.8) is 0 Å².